The van der Waals surface area contributed by atoms with E-state index in [1.54, 1.807) is 0 Å². The number of nitrogens with zero attached hydrogens (tertiary/aromatic N) is 2. The summed E-state index contributed by atoms with van der Waals surface area (Å²) < 4.78 is 4.88. The third-order valence-electron chi connectivity index (χ3n) is 7.15. The van der Waals surface area contributed by atoms with Crippen molar-refractivity contribution >= 4 is 23.3 Å². The molecule has 1 fully saturated rings. The quantitative estimate of drug-likeness (QED) is 0.378. The highest BCUT2D eigenvalue weighted by molar-refractivity contribution is 5.96. The molecule has 0 radical (unpaired) electrons. The molecule has 1 heterocycles. The Hall–Kier alpha value is -3.90. The Kier molecular flexibility index (Phi) is 9.33. The largest absolute Gasteiger partial charge is 0.453 e. The zero-order valence-electron chi connectivity index (χ0n) is 22.6. The number of amides is 2. The molecule has 0 unspecified atom stereocenters. The molecule has 3 aromatic rings. The monoisotopic (exact) mass is 511 g/mol. The highest BCUT2D eigenvalue weighted by Gasteiger charge is 2.22. The van der Waals surface area contributed by atoms with Gasteiger partial charge in [0.25, 0.3) is 5.91 Å². The van der Waals surface area contributed by atoms with E-state index < -0.39 is 6.09 Å². The molecular formula is C32H37N3O3. The first-order valence-electron chi connectivity index (χ1n) is 13.4. The number of methoxy groups -OCH3 is 1. The Bertz CT molecular complexity index is 1250. The minimum Gasteiger partial charge on any atom is -0.453 e. The predicted octanol–water partition coefficient (Wildman–Crippen LogP) is 6.44. The maximum absolute atomic E-state index is 12.9. The molecule has 1 aliphatic heterocycles. The highest BCUT2D eigenvalue weighted by Crippen LogP contribution is 2.36. The van der Waals surface area contributed by atoms with Gasteiger partial charge in [-0.15, -0.1) is 0 Å². The lowest BCUT2D eigenvalue weighted by Gasteiger charge is -2.30. The summed E-state index contributed by atoms with van der Waals surface area (Å²) in [5, 5.41) is 2.88. The SMILES string of the molecule is CCN(CC)C(=O)c1ccc(C(=C2CCN(Cc3ccccc3)CC2)c2ccccc2NC(=O)OC)cc1. The van der Waals surface area contributed by atoms with Crippen molar-refractivity contribution in [3.63, 3.8) is 0 Å². The third kappa shape index (κ3) is 6.50. The van der Waals surface area contributed by atoms with Gasteiger partial charge in [0.15, 0.2) is 0 Å². The Balaban J connectivity index is 1.68. The molecule has 0 aliphatic carbocycles. The lowest BCUT2D eigenvalue weighted by atomic mass is 9.87. The Labute approximate surface area is 225 Å². The van der Waals surface area contributed by atoms with Gasteiger partial charge in [-0.3, -0.25) is 15.0 Å². The number of hydrogen-bond donors (Lipinski definition) is 1. The normalized spacial score (nSPS) is 13.6. The van der Waals surface area contributed by atoms with Crippen molar-refractivity contribution in [2.24, 2.45) is 0 Å². The van der Waals surface area contributed by atoms with Crippen LogP contribution >= 0.6 is 0 Å². The number of para-hydroxylation sites is 1. The van der Waals surface area contributed by atoms with Crippen LogP contribution in [0.5, 0.6) is 0 Å². The van der Waals surface area contributed by atoms with Crippen LogP contribution in [0, 0.1) is 0 Å². The molecule has 6 nitrogen and oxygen atoms in total. The summed E-state index contributed by atoms with van der Waals surface area (Å²) in [6.07, 6.45) is 1.35. The van der Waals surface area contributed by atoms with Gasteiger partial charge in [0, 0.05) is 43.9 Å². The molecule has 6 heteroatoms. The second-order valence-electron chi connectivity index (χ2n) is 9.46. The number of rotatable bonds is 8. The number of hydrogen-bond acceptors (Lipinski definition) is 4. The Morgan fingerprint density at radius 2 is 1.45 bits per heavy atom. The van der Waals surface area contributed by atoms with Crippen molar-refractivity contribution in [1.82, 2.24) is 9.80 Å². The fraction of sp³-hybridized carbons (Fsp3) is 0.312. The minimum atomic E-state index is -0.500. The first kappa shape index (κ1) is 27.1. The summed E-state index contributed by atoms with van der Waals surface area (Å²) in [7, 11) is 1.37. The van der Waals surface area contributed by atoms with Crippen molar-refractivity contribution in [2.75, 3.05) is 38.6 Å². The number of carbonyl (C=O) groups excluding carboxylic acids is 2. The van der Waals surface area contributed by atoms with Crippen LogP contribution in [0.3, 0.4) is 0 Å². The topological polar surface area (TPSA) is 61.9 Å². The van der Waals surface area contributed by atoms with Crippen molar-refractivity contribution < 1.29 is 14.3 Å². The zero-order valence-corrected chi connectivity index (χ0v) is 22.6. The van der Waals surface area contributed by atoms with Crippen LogP contribution in [-0.4, -0.2) is 55.1 Å². The summed E-state index contributed by atoms with van der Waals surface area (Å²) in [6, 6.07) is 26.3. The van der Waals surface area contributed by atoms with E-state index in [4.69, 9.17) is 4.74 Å². The number of nitrogens with one attached hydrogen (secondary N) is 1. The fourth-order valence-corrected chi connectivity index (χ4v) is 5.07. The molecular weight excluding hydrogens is 474 g/mol. The summed E-state index contributed by atoms with van der Waals surface area (Å²) in [4.78, 5) is 29.3. The van der Waals surface area contributed by atoms with E-state index in [1.807, 2.05) is 73.3 Å². The van der Waals surface area contributed by atoms with Gasteiger partial charge in [-0.25, -0.2) is 4.79 Å². The summed E-state index contributed by atoms with van der Waals surface area (Å²) in [5.41, 5.74) is 7.15. The van der Waals surface area contributed by atoms with Gasteiger partial charge >= 0.3 is 6.09 Å². The van der Waals surface area contributed by atoms with Gasteiger partial charge in [-0.1, -0.05) is 66.2 Å². The first-order valence-corrected chi connectivity index (χ1v) is 13.4. The first-order chi connectivity index (χ1) is 18.5. The van der Waals surface area contributed by atoms with Gasteiger partial charge < -0.3 is 9.64 Å². The molecule has 1 N–H and O–H groups in total. The smallest absolute Gasteiger partial charge is 0.411 e. The summed E-state index contributed by atoms with van der Waals surface area (Å²) in [5.74, 6) is 0.0396. The van der Waals surface area contributed by atoms with E-state index in [2.05, 4.69) is 34.5 Å². The second-order valence-corrected chi connectivity index (χ2v) is 9.46. The number of ether oxygens (including phenoxy) is 1. The molecule has 0 spiro atoms. The third-order valence-corrected chi connectivity index (χ3v) is 7.15. The lowest BCUT2D eigenvalue weighted by molar-refractivity contribution is 0.0773. The molecule has 0 bridgehead atoms. The van der Waals surface area contributed by atoms with Gasteiger partial charge in [-0.05, 0) is 61.6 Å². The zero-order chi connectivity index (χ0) is 26.9. The molecule has 0 atom stereocenters. The molecule has 0 aromatic heterocycles. The van der Waals surface area contributed by atoms with Gasteiger partial charge in [0.1, 0.15) is 0 Å². The van der Waals surface area contributed by atoms with E-state index in [0.29, 0.717) is 24.3 Å². The molecule has 4 rings (SSSR count). The summed E-state index contributed by atoms with van der Waals surface area (Å²) in [6.45, 7) is 8.20. The molecule has 3 aromatic carbocycles. The van der Waals surface area contributed by atoms with E-state index in [1.165, 1.54) is 18.2 Å². The lowest BCUT2D eigenvalue weighted by Crippen LogP contribution is -2.30. The molecule has 1 saturated heterocycles. The molecule has 0 saturated carbocycles. The second kappa shape index (κ2) is 13.1. The Morgan fingerprint density at radius 3 is 2.08 bits per heavy atom. The van der Waals surface area contributed by atoms with Crippen molar-refractivity contribution in [3.05, 3.63) is 107 Å². The van der Waals surface area contributed by atoms with Gasteiger partial charge in [0.05, 0.1) is 12.8 Å². The van der Waals surface area contributed by atoms with E-state index in [0.717, 1.165) is 49.2 Å². The molecule has 2 amide bonds. The van der Waals surface area contributed by atoms with Crippen LogP contribution < -0.4 is 5.32 Å². The fourth-order valence-electron chi connectivity index (χ4n) is 5.07. The maximum atomic E-state index is 12.9. The number of benzene rings is 3. The van der Waals surface area contributed by atoms with Crippen LogP contribution in [0.4, 0.5) is 10.5 Å². The maximum Gasteiger partial charge on any atom is 0.411 e. The number of anilines is 1. The van der Waals surface area contributed by atoms with E-state index in [-0.39, 0.29) is 5.91 Å². The highest BCUT2D eigenvalue weighted by atomic mass is 16.5. The molecule has 198 valence electrons. The predicted molar refractivity (Wildman–Crippen MR) is 153 cm³/mol. The van der Waals surface area contributed by atoms with Crippen LogP contribution in [0.15, 0.2) is 84.4 Å². The van der Waals surface area contributed by atoms with Crippen LogP contribution in [-0.2, 0) is 11.3 Å². The average molecular weight is 512 g/mol. The van der Waals surface area contributed by atoms with Gasteiger partial charge in [-0.2, -0.15) is 0 Å². The average Bonchev–Trinajstić information content (AvgIpc) is 2.96. The number of likely N-dealkylation sites (tertiary alicyclic amines) is 1. The van der Waals surface area contributed by atoms with Crippen molar-refractivity contribution in [3.8, 4) is 0 Å². The van der Waals surface area contributed by atoms with Crippen LogP contribution in [0.25, 0.3) is 5.57 Å². The standard InChI is InChI=1S/C32H37N3O3/c1-4-35(5-2)31(36)27-17-15-25(16-18-27)30(28-13-9-10-14-29(28)33-32(37)38-3)26-19-21-34(22-20-26)23-24-11-7-6-8-12-24/h6-18H,4-5,19-23H2,1-3H3,(H,33,37). The molecule has 1 aliphatic rings. The van der Waals surface area contributed by atoms with Gasteiger partial charge in [0.2, 0.25) is 0 Å². The van der Waals surface area contributed by atoms with Crippen LogP contribution in [0.1, 0.15) is 53.7 Å². The Morgan fingerprint density at radius 1 is 0.842 bits per heavy atom. The molecule has 38 heavy (non-hydrogen) atoms. The summed E-state index contributed by atoms with van der Waals surface area (Å²) >= 11 is 0. The minimum absolute atomic E-state index is 0.0396. The van der Waals surface area contributed by atoms with E-state index in [9.17, 15) is 9.59 Å². The number of piperidine rings is 1. The van der Waals surface area contributed by atoms with Crippen molar-refractivity contribution in [2.45, 2.75) is 33.2 Å². The van der Waals surface area contributed by atoms with Crippen molar-refractivity contribution in [1.29, 1.82) is 0 Å². The number of carbonyl (C=O) groups is 2. The van der Waals surface area contributed by atoms with Crippen LogP contribution in [0.2, 0.25) is 0 Å². The van der Waals surface area contributed by atoms with E-state index >= 15 is 0 Å².